The van der Waals surface area contributed by atoms with Crippen molar-refractivity contribution < 1.29 is 9.90 Å². The van der Waals surface area contributed by atoms with Crippen LogP contribution in [-0.2, 0) is 4.79 Å². The van der Waals surface area contributed by atoms with E-state index in [1.165, 1.54) is 0 Å². The van der Waals surface area contributed by atoms with Crippen LogP contribution in [0.5, 0.6) is 0 Å². The van der Waals surface area contributed by atoms with E-state index in [1.54, 1.807) is 0 Å². The van der Waals surface area contributed by atoms with Gasteiger partial charge in [-0.2, -0.15) is 0 Å². The number of hydrogen-bond donors (Lipinski definition) is 2. The smallest absolute Gasteiger partial charge is 0.252 e. The molecule has 0 spiro atoms. The minimum Gasteiger partial charge on any atom is -0.380 e. The predicted octanol–water partition coefficient (Wildman–Crippen LogP) is 0.429. The fourth-order valence-electron chi connectivity index (χ4n) is 1.32. The summed E-state index contributed by atoms with van der Waals surface area (Å²) in [7, 11) is 0. The summed E-state index contributed by atoms with van der Waals surface area (Å²) in [5, 5.41) is 12.3. The Balaban J connectivity index is 2.37. The third-order valence-electron chi connectivity index (χ3n) is 2.40. The number of amides is 1. The average molecular weight is 181 g/mol. The minimum atomic E-state index is -1.11. The molecule has 3 heteroatoms. The van der Waals surface area contributed by atoms with E-state index in [-0.39, 0.29) is 11.9 Å². The van der Waals surface area contributed by atoms with Crippen molar-refractivity contribution in [3.8, 4) is 12.3 Å². The van der Waals surface area contributed by atoms with Crippen LogP contribution in [-0.4, -0.2) is 22.7 Å². The van der Waals surface area contributed by atoms with Gasteiger partial charge in [-0.1, -0.05) is 0 Å². The summed E-state index contributed by atoms with van der Waals surface area (Å²) >= 11 is 0. The number of rotatable bonds is 3. The van der Waals surface area contributed by atoms with E-state index in [0.717, 1.165) is 6.42 Å². The summed E-state index contributed by atoms with van der Waals surface area (Å²) in [4.78, 5) is 11.4. The van der Waals surface area contributed by atoms with Crippen molar-refractivity contribution >= 4 is 5.91 Å². The van der Waals surface area contributed by atoms with Crippen LogP contribution in [0.25, 0.3) is 0 Å². The van der Waals surface area contributed by atoms with Crippen molar-refractivity contribution in [1.82, 2.24) is 5.32 Å². The third kappa shape index (κ3) is 2.22. The molecule has 0 aromatic rings. The quantitative estimate of drug-likeness (QED) is 0.620. The Morgan fingerprint density at radius 3 is 2.77 bits per heavy atom. The number of aliphatic hydroxyl groups is 1. The number of carbonyl (C=O) groups is 1. The lowest BCUT2D eigenvalue weighted by Crippen LogP contribution is -2.53. The maximum Gasteiger partial charge on any atom is 0.252 e. The topological polar surface area (TPSA) is 49.3 Å². The van der Waals surface area contributed by atoms with E-state index in [1.807, 2.05) is 6.92 Å². The van der Waals surface area contributed by atoms with Crippen LogP contribution in [0, 0.1) is 12.3 Å². The molecule has 0 saturated heterocycles. The Labute approximate surface area is 78.5 Å². The lowest BCUT2D eigenvalue weighted by atomic mass is 9.79. The van der Waals surface area contributed by atoms with Crippen molar-refractivity contribution in [1.29, 1.82) is 0 Å². The van der Waals surface area contributed by atoms with Gasteiger partial charge in [-0.25, -0.2) is 0 Å². The fourth-order valence-corrected chi connectivity index (χ4v) is 1.32. The summed E-state index contributed by atoms with van der Waals surface area (Å²) in [5.74, 6) is 2.19. The zero-order chi connectivity index (χ0) is 9.90. The summed E-state index contributed by atoms with van der Waals surface area (Å²) in [5.41, 5.74) is -1.11. The summed E-state index contributed by atoms with van der Waals surface area (Å²) in [6.07, 6.45) is 7.66. The Morgan fingerprint density at radius 1 is 1.77 bits per heavy atom. The molecule has 1 fully saturated rings. The molecule has 0 aromatic heterocycles. The highest BCUT2D eigenvalue weighted by Crippen LogP contribution is 2.31. The second-order valence-corrected chi connectivity index (χ2v) is 3.67. The highest BCUT2D eigenvalue weighted by molar-refractivity contribution is 5.86. The molecule has 0 radical (unpaired) electrons. The molecule has 1 amide bonds. The van der Waals surface area contributed by atoms with Gasteiger partial charge in [0.1, 0.15) is 5.60 Å². The Hall–Kier alpha value is -1.01. The normalized spacial score (nSPS) is 21.0. The maximum atomic E-state index is 11.4. The van der Waals surface area contributed by atoms with Crippen LogP contribution < -0.4 is 5.32 Å². The Kier molecular flexibility index (Phi) is 2.94. The molecular weight excluding hydrogens is 166 g/mol. The van der Waals surface area contributed by atoms with E-state index in [0.29, 0.717) is 19.3 Å². The Morgan fingerprint density at radius 2 is 2.38 bits per heavy atom. The van der Waals surface area contributed by atoms with Gasteiger partial charge >= 0.3 is 0 Å². The Bertz CT molecular complexity index is 238. The van der Waals surface area contributed by atoms with Crippen molar-refractivity contribution in [3.05, 3.63) is 0 Å². The number of hydrogen-bond acceptors (Lipinski definition) is 2. The van der Waals surface area contributed by atoms with Crippen molar-refractivity contribution in [2.75, 3.05) is 0 Å². The van der Waals surface area contributed by atoms with Gasteiger partial charge in [0.05, 0.1) is 0 Å². The monoisotopic (exact) mass is 181 g/mol. The molecule has 2 N–H and O–H groups in total. The third-order valence-corrected chi connectivity index (χ3v) is 2.40. The molecule has 13 heavy (non-hydrogen) atoms. The van der Waals surface area contributed by atoms with Gasteiger partial charge in [0.15, 0.2) is 0 Å². The molecule has 1 atom stereocenters. The second-order valence-electron chi connectivity index (χ2n) is 3.67. The van der Waals surface area contributed by atoms with E-state index in [9.17, 15) is 9.90 Å². The first-order valence-corrected chi connectivity index (χ1v) is 4.55. The summed E-state index contributed by atoms with van der Waals surface area (Å²) in [6, 6.07) is -0.0536. The van der Waals surface area contributed by atoms with E-state index < -0.39 is 5.60 Å². The van der Waals surface area contributed by atoms with E-state index >= 15 is 0 Å². The second kappa shape index (κ2) is 3.80. The SMILES string of the molecule is C#CCC(C)NC(=O)C1(O)CCC1. The van der Waals surface area contributed by atoms with Crippen molar-refractivity contribution in [3.63, 3.8) is 0 Å². The standard InChI is InChI=1S/C10H15NO2/c1-3-5-8(2)11-9(12)10(13)6-4-7-10/h1,8,13H,4-7H2,2H3,(H,11,12). The number of carbonyl (C=O) groups excluding carboxylic acids is 1. The van der Waals surface area contributed by atoms with Gasteiger partial charge in [0.2, 0.25) is 0 Å². The predicted molar refractivity (Wildman–Crippen MR) is 49.9 cm³/mol. The van der Waals surface area contributed by atoms with Crippen LogP contribution >= 0.6 is 0 Å². The fraction of sp³-hybridized carbons (Fsp3) is 0.700. The highest BCUT2D eigenvalue weighted by atomic mass is 16.3. The molecule has 1 saturated carbocycles. The van der Waals surface area contributed by atoms with Crippen LogP contribution in [0.4, 0.5) is 0 Å². The van der Waals surface area contributed by atoms with E-state index in [2.05, 4.69) is 11.2 Å². The van der Waals surface area contributed by atoms with Gasteiger partial charge in [-0.3, -0.25) is 4.79 Å². The van der Waals surface area contributed by atoms with Gasteiger partial charge < -0.3 is 10.4 Å². The van der Waals surface area contributed by atoms with Gasteiger partial charge in [0.25, 0.3) is 5.91 Å². The van der Waals surface area contributed by atoms with Gasteiger partial charge in [0, 0.05) is 12.5 Å². The average Bonchev–Trinajstić information content (AvgIpc) is 2.00. The van der Waals surface area contributed by atoms with Crippen LogP contribution in [0.1, 0.15) is 32.6 Å². The molecule has 72 valence electrons. The molecule has 0 aliphatic heterocycles. The number of terminal acetylenes is 1. The molecular formula is C10H15NO2. The molecule has 0 bridgehead atoms. The molecule has 1 aliphatic carbocycles. The highest BCUT2D eigenvalue weighted by Gasteiger charge is 2.42. The minimum absolute atomic E-state index is 0.0536. The summed E-state index contributed by atoms with van der Waals surface area (Å²) < 4.78 is 0. The first-order valence-electron chi connectivity index (χ1n) is 4.55. The number of nitrogens with one attached hydrogen (secondary N) is 1. The molecule has 0 aromatic carbocycles. The maximum absolute atomic E-state index is 11.4. The molecule has 1 aliphatic rings. The first kappa shape index (κ1) is 10.1. The zero-order valence-corrected chi connectivity index (χ0v) is 7.84. The molecule has 1 unspecified atom stereocenters. The largest absolute Gasteiger partial charge is 0.380 e. The van der Waals surface area contributed by atoms with Crippen LogP contribution in [0.3, 0.4) is 0 Å². The van der Waals surface area contributed by atoms with Gasteiger partial charge in [-0.15, -0.1) is 12.3 Å². The first-order chi connectivity index (χ1) is 6.08. The molecule has 0 heterocycles. The lowest BCUT2D eigenvalue weighted by Gasteiger charge is -2.35. The van der Waals surface area contributed by atoms with Crippen molar-refractivity contribution in [2.24, 2.45) is 0 Å². The van der Waals surface area contributed by atoms with Crippen LogP contribution in [0.2, 0.25) is 0 Å². The van der Waals surface area contributed by atoms with Gasteiger partial charge in [-0.05, 0) is 26.2 Å². The van der Waals surface area contributed by atoms with Crippen molar-refractivity contribution in [2.45, 2.75) is 44.2 Å². The lowest BCUT2D eigenvalue weighted by molar-refractivity contribution is -0.149. The molecule has 3 nitrogen and oxygen atoms in total. The molecule has 1 rings (SSSR count). The summed E-state index contributed by atoms with van der Waals surface area (Å²) in [6.45, 7) is 1.83. The van der Waals surface area contributed by atoms with Crippen LogP contribution in [0.15, 0.2) is 0 Å². The zero-order valence-electron chi connectivity index (χ0n) is 7.84. The van der Waals surface area contributed by atoms with E-state index in [4.69, 9.17) is 6.42 Å².